The molecule has 1 aromatic heterocycles. The summed E-state index contributed by atoms with van der Waals surface area (Å²) in [7, 11) is 0. The molecule has 1 saturated carbocycles. The summed E-state index contributed by atoms with van der Waals surface area (Å²) in [6.45, 7) is 5.53. The zero-order valence-electron chi connectivity index (χ0n) is 10.1. The lowest BCUT2D eigenvalue weighted by Gasteiger charge is -2.20. The van der Waals surface area contributed by atoms with Gasteiger partial charge in [-0.2, -0.15) is 0 Å². The average molecular weight is 219 g/mol. The monoisotopic (exact) mass is 219 g/mol. The maximum Gasteiger partial charge on any atom is 0.128 e. The quantitative estimate of drug-likeness (QED) is 0.799. The molecule has 88 valence electrons. The highest BCUT2D eigenvalue weighted by Crippen LogP contribution is 2.47. The summed E-state index contributed by atoms with van der Waals surface area (Å²) in [6.07, 6.45) is 4.21. The maximum absolute atomic E-state index is 5.95. The highest BCUT2D eigenvalue weighted by Gasteiger charge is 2.40. The van der Waals surface area contributed by atoms with Crippen LogP contribution in [0.3, 0.4) is 0 Å². The first-order valence-corrected chi connectivity index (χ1v) is 6.17. The minimum absolute atomic E-state index is 0.392. The van der Waals surface area contributed by atoms with E-state index in [1.54, 1.807) is 6.20 Å². The Kier molecular flexibility index (Phi) is 3.44. The number of nitrogens with two attached hydrogens (primary N) is 1. The minimum Gasteiger partial charge on any atom is -0.383 e. The molecule has 3 heteroatoms. The lowest BCUT2D eigenvalue weighted by atomic mass is 10.0. The van der Waals surface area contributed by atoms with E-state index < -0.39 is 0 Å². The number of nitrogen functional groups attached to an aromatic ring is 1. The van der Waals surface area contributed by atoms with Crippen LogP contribution in [0.5, 0.6) is 0 Å². The van der Waals surface area contributed by atoms with Crippen LogP contribution in [0.2, 0.25) is 0 Å². The Balaban J connectivity index is 2.15. The van der Waals surface area contributed by atoms with Gasteiger partial charge in [-0.1, -0.05) is 19.9 Å². The van der Waals surface area contributed by atoms with E-state index in [0.29, 0.717) is 11.9 Å². The van der Waals surface area contributed by atoms with Crippen molar-refractivity contribution in [1.82, 2.24) is 10.3 Å². The van der Waals surface area contributed by atoms with Gasteiger partial charge in [0, 0.05) is 17.8 Å². The Morgan fingerprint density at radius 3 is 2.94 bits per heavy atom. The third kappa shape index (κ3) is 2.35. The van der Waals surface area contributed by atoms with Crippen molar-refractivity contribution in [3.8, 4) is 0 Å². The fraction of sp³-hybridized carbons (Fsp3) is 0.615. The highest BCUT2D eigenvalue weighted by atomic mass is 14.9. The molecule has 0 amide bonds. The summed E-state index contributed by atoms with van der Waals surface area (Å²) in [5.74, 6) is 2.22. The van der Waals surface area contributed by atoms with Gasteiger partial charge in [0.1, 0.15) is 5.82 Å². The van der Waals surface area contributed by atoms with Crippen LogP contribution in [0.15, 0.2) is 18.3 Å². The Morgan fingerprint density at radius 1 is 1.62 bits per heavy atom. The lowest BCUT2D eigenvalue weighted by molar-refractivity contribution is 0.463. The molecule has 3 atom stereocenters. The van der Waals surface area contributed by atoms with Crippen LogP contribution in [-0.2, 0) is 0 Å². The van der Waals surface area contributed by atoms with Crippen LogP contribution in [0, 0.1) is 11.8 Å². The van der Waals surface area contributed by atoms with Gasteiger partial charge in [-0.25, -0.2) is 4.98 Å². The molecular weight excluding hydrogens is 198 g/mol. The molecule has 3 nitrogen and oxygen atoms in total. The van der Waals surface area contributed by atoms with Gasteiger partial charge in [-0.3, -0.25) is 0 Å². The molecule has 1 aromatic rings. The molecule has 0 spiro atoms. The van der Waals surface area contributed by atoms with E-state index in [9.17, 15) is 0 Å². The lowest BCUT2D eigenvalue weighted by Crippen LogP contribution is -2.25. The van der Waals surface area contributed by atoms with Gasteiger partial charge in [0.15, 0.2) is 0 Å². The topological polar surface area (TPSA) is 50.9 Å². The van der Waals surface area contributed by atoms with Crippen molar-refractivity contribution >= 4 is 5.82 Å². The van der Waals surface area contributed by atoms with Crippen LogP contribution >= 0.6 is 0 Å². The standard InChI is InChI=1S/C13H21N3/c1-3-6-15-12(11-8-9(11)2)10-5-4-7-16-13(10)14/h4-5,7,9,11-12,15H,3,6,8H2,1-2H3,(H2,14,16). The third-order valence-electron chi connectivity index (χ3n) is 3.42. The Morgan fingerprint density at radius 2 is 2.38 bits per heavy atom. The summed E-state index contributed by atoms with van der Waals surface area (Å²) in [5.41, 5.74) is 7.12. The van der Waals surface area contributed by atoms with Gasteiger partial charge in [-0.05, 0) is 37.3 Å². The molecule has 0 aliphatic heterocycles. The fourth-order valence-electron chi connectivity index (χ4n) is 2.30. The van der Waals surface area contributed by atoms with Crippen LogP contribution in [0.25, 0.3) is 0 Å². The first kappa shape index (κ1) is 11.4. The van der Waals surface area contributed by atoms with Gasteiger partial charge in [-0.15, -0.1) is 0 Å². The summed E-state index contributed by atoms with van der Waals surface area (Å²) in [4.78, 5) is 4.18. The number of nitrogens with zero attached hydrogens (tertiary/aromatic N) is 1. The van der Waals surface area contributed by atoms with Gasteiger partial charge in [0.25, 0.3) is 0 Å². The Labute approximate surface area is 97.5 Å². The van der Waals surface area contributed by atoms with E-state index in [-0.39, 0.29) is 0 Å². The molecule has 0 aromatic carbocycles. The van der Waals surface area contributed by atoms with Crippen molar-refractivity contribution < 1.29 is 0 Å². The highest BCUT2D eigenvalue weighted by molar-refractivity contribution is 5.41. The second-order valence-corrected chi connectivity index (χ2v) is 4.79. The second-order valence-electron chi connectivity index (χ2n) is 4.79. The fourth-order valence-corrected chi connectivity index (χ4v) is 2.30. The number of hydrogen-bond donors (Lipinski definition) is 2. The normalized spacial score (nSPS) is 25.4. The third-order valence-corrected chi connectivity index (χ3v) is 3.42. The molecule has 3 unspecified atom stereocenters. The van der Waals surface area contributed by atoms with Gasteiger partial charge in [0.05, 0.1) is 0 Å². The van der Waals surface area contributed by atoms with E-state index in [1.807, 2.05) is 6.07 Å². The molecule has 2 rings (SSSR count). The summed E-state index contributed by atoms with van der Waals surface area (Å²) in [6, 6.07) is 4.46. The number of anilines is 1. The number of hydrogen-bond acceptors (Lipinski definition) is 3. The molecule has 1 aliphatic carbocycles. The Hall–Kier alpha value is -1.09. The average Bonchev–Trinajstić information content (AvgIpc) is 2.99. The van der Waals surface area contributed by atoms with Crippen molar-refractivity contribution in [3.05, 3.63) is 23.9 Å². The molecule has 1 fully saturated rings. The number of pyridine rings is 1. The molecule has 0 saturated heterocycles. The van der Waals surface area contributed by atoms with Gasteiger partial charge >= 0.3 is 0 Å². The first-order valence-electron chi connectivity index (χ1n) is 6.17. The summed E-state index contributed by atoms with van der Waals surface area (Å²) >= 11 is 0. The molecule has 0 radical (unpaired) electrons. The minimum atomic E-state index is 0.392. The van der Waals surface area contributed by atoms with Crippen molar-refractivity contribution in [1.29, 1.82) is 0 Å². The largest absolute Gasteiger partial charge is 0.383 e. The van der Waals surface area contributed by atoms with Crippen LogP contribution in [0.4, 0.5) is 5.82 Å². The molecule has 0 bridgehead atoms. The second kappa shape index (κ2) is 4.83. The summed E-state index contributed by atoms with van der Waals surface area (Å²) in [5, 5.41) is 3.60. The van der Waals surface area contributed by atoms with Crippen molar-refractivity contribution in [2.75, 3.05) is 12.3 Å². The van der Waals surface area contributed by atoms with Crippen LogP contribution in [0.1, 0.15) is 38.3 Å². The number of nitrogens with one attached hydrogen (secondary N) is 1. The molecular formula is C13H21N3. The van der Waals surface area contributed by atoms with E-state index in [4.69, 9.17) is 5.73 Å². The van der Waals surface area contributed by atoms with Crippen LogP contribution in [-0.4, -0.2) is 11.5 Å². The molecule has 1 heterocycles. The van der Waals surface area contributed by atoms with Crippen LogP contribution < -0.4 is 11.1 Å². The zero-order chi connectivity index (χ0) is 11.5. The van der Waals surface area contributed by atoms with Crippen molar-refractivity contribution in [2.45, 2.75) is 32.7 Å². The molecule has 3 N–H and O–H groups in total. The Bertz CT molecular complexity index is 351. The molecule has 16 heavy (non-hydrogen) atoms. The van der Waals surface area contributed by atoms with E-state index >= 15 is 0 Å². The SMILES string of the molecule is CCCNC(c1cccnc1N)C1CC1C. The van der Waals surface area contributed by atoms with E-state index in [1.165, 1.54) is 12.0 Å². The van der Waals surface area contributed by atoms with Gasteiger partial charge < -0.3 is 11.1 Å². The number of rotatable bonds is 5. The maximum atomic E-state index is 5.95. The smallest absolute Gasteiger partial charge is 0.128 e. The predicted octanol–water partition coefficient (Wildman–Crippen LogP) is 2.36. The van der Waals surface area contributed by atoms with Crippen molar-refractivity contribution in [3.63, 3.8) is 0 Å². The van der Waals surface area contributed by atoms with Gasteiger partial charge in [0.2, 0.25) is 0 Å². The summed E-state index contributed by atoms with van der Waals surface area (Å²) < 4.78 is 0. The first-order chi connectivity index (χ1) is 7.74. The van der Waals surface area contributed by atoms with E-state index in [2.05, 4.69) is 30.2 Å². The predicted molar refractivity (Wildman–Crippen MR) is 67.0 cm³/mol. The van der Waals surface area contributed by atoms with Crippen molar-refractivity contribution in [2.24, 2.45) is 11.8 Å². The van der Waals surface area contributed by atoms with E-state index in [0.717, 1.165) is 24.8 Å². The zero-order valence-corrected chi connectivity index (χ0v) is 10.1. The number of aromatic nitrogens is 1. The molecule has 1 aliphatic rings.